The second-order valence-electron chi connectivity index (χ2n) is 5.59. The van der Waals surface area contributed by atoms with E-state index in [1.54, 1.807) is 0 Å². The number of benzene rings is 2. The van der Waals surface area contributed by atoms with E-state index in [1.165, 1.54) is 5.56 Å². The fourth-order valence-electron chi connectivity index (χ4n) is 2.89. The molecule has 1 aromatic heterocycles. The molecule has 0 bridgehead atoms. The second-order valence-corrected chi connectivity index (χ2v) is 5.59. The highest BCUT2D eigenvalue weighted by molar-refractivity contribution is 5.93. The lowest BCUT2D eigenvalue weighted by Crippen LogP contribution is -2.02. The predicted octanol–water partition coefficient (Wildman–Crippen LogP) is 4.01. The number of pyridine rings is 1. The van der Waals surface area contributed by atoms with Crippen molar-refractivity contribution in [3.05, 3.63) is 89.1 Å². The predicted molar refractivity (Wildman–Crippen MR) is 88.0 cm³/mol. The first-order chi connectivity index (χ1) is 11.3. The summed E-state index contributed by atoms with van der Waals surface area (Å²) in [5.41, 5.74) is 5.53. The highest BCUT2D eigenvalue weighted by atomic mass is 16.5. The zero-order valence-corrected chi connectivity index (χ0v) is 12.5. The van der Waals surface area contributed by atoms with Crippen LogP contribution in [0.25, 0.3) is 11.3 Å². The Morgan fingerprint density at radius 1 is 0.957 bits per heavy atom. The maximum atomic E-state index is 11.9. The number of cyclic esters (lactones) is 1. The quantitative estimate of drug-likeness (QED) is 0.686. The highest BCUT2D eigenvalue weighted by Crippen LogP contribution is 2.29. The fraction of sp³-hybridized carbons (Fsp3) is 0.100. The van der Waals surface area contributed by atoms with E-state index in [-0.39, 0.29) is 12.6 Å². The van der Waals surface area contributed by atoms with Gasteiger partial charge in [-0.1, -0.05) is 60.7 Å². The molecule has 3 heteroatoms. The third-order valence-electron chi connectivity index (χ3n) is 4.02. The summed E-state index contributed by atoms with van der Waals surface area (Å²) in [5.74, 6) is -0.276. The van der Waals surface area contributed by atoms with Gasteiger partial charge in [-0.2, -0.15) is 0 Å². The molecule has 0 saturated carbocycles. The summed E-state index contributed by atoms with van der Waals surface area (Å²) in [6.45, 7) is 0.264. The molecule has 0 spiro atoms. The number of hydrogen-bond donors (Lipinski definition) is 0. The van der Waals surface area contributed by atoms with E-state index in [0.29, 0.717) is 5.56 Å². The van der Waals surface area contributed by atoms with E-state index >= 15 is 0 Å². The van der Waals surface area contributed by atoms with Gasteiger partial charge in [0, 0.05) is 5.56 Å². The van der Waals surface area contributed by atoms with Crippen LogP contribution in [-0.4, -0.2) is 11.0 Å². The standard InChI is InChI=1S/C20H15NO2/c22-20-17-12-16(11-14-7-3-1-4-8-14)19(21-18(17)13-23-20)15-9-5-2-6-10-15/h1-10,12H,11,13H2. The van der Waals surface area contributed by atoms with Crippen molar-refractivity contribution in [2.75, 3.05) is 0 Å². The lowest BCUT2D eigenvalue weighted by Gasteiger charge is -2.11. The third kappa shape index (κ3) is 2.61. The van der Waals surface area contributed by atoms with E-state index in [4.69, 9.17) is 9.72 Å². The van der Waals surface area contributed by atoms with Gasteiger partial charge < -0.3 is 4.74 Å². The normalized spacial score (nSPS) is 12.8. The Bertz CT molecular complexity index is 858. The van der Waals surface area contributed by atoms with Crippen LogP contribution in [0.1, 0.15) is 27.2 Å². The van der Waals surface area contributed by atoms with Crippen LogP contribution in [0.15, 0.2) is 66.7 Å². The lowest BCUT2D eigenvalue weighted by molar-refractivity contribution is 0.0533. The summed E-state index contributed by atoms with van der Waals surface area (Å²) in [6.07, 6.45) is 0.735. The number of hydrogen-bond acceptors (Lipinski definition) is 3. The Hall–Kier alpha value is -2.94. The van der Waals surface area contributed by atoms with Crippen LogP contribution in [0, 0.1) is 0 Å². The topological polar surface area (TPSA) is 39.2 Å². The largest absolute Gasteiger partial charge is 0.456 e. The monoisotopic (exact) mass is 301 g/mol. The number of nitrogens with zero attached hydrogens (tertiary/aromatic N) is 1. The Morgan fingerprint density at radius 2 is 1.65 bits per heavy atom. The molecule has 4 rings (SSSR count). The zero-order valence-electron chi connectivity index (χ0n) is 12.5. The summed E-state index contributed by atoms with van der Waals surface area (Å²) in [7, 11) is 0. The summed E-state index contributed by atoms with van der Waals surface area (Å²) < 4.78 is 5.12. The van der Waals surface area contributed by atoms with Crippen LogP contribution in [0.3, 0.4) is 0 Å². The van der Waals surface area contributed by atoms with Crippen molar-refractivity contribution in [3.8, 4) is 11.3 Å². The van der Waals surface area contributed by atoms with Gasteiger partial charge in [0.2, 0.25) is 0 Å². The number of ether oxygens (including phenoxy) is 1. The van der Waals surface area contributed by atoms with Crippen LogP contribution in [0.2, 0.25) is 0 Å². The smallest absolute Gasteiger partial charge is 0.340 e. The van der Waals surface area contributed by atoms with Crippen LogP contribution in [0.4, 0.5) is 0 Å². The summed E-state index contributed by atoms with van der Waals surface area (Å²) in [5, 5.41) is 0. The van der Waals surface area contributed by atoms with Crippen molar-refractivity contribution in [1.29, 1.82) is 0 Å². The number of fused-ring (bicyclic) bond motifs is 1. The average Bonchev–Trinajstić information content (AvgIpc) is 2.96. The van der Waals surface area contributed by atoms with E-state index in [0.717, 1.165) is 28.9 Å². The molecule has 0 radical (unpaired) electrons. The van der Waals surface area contributed by atoms with Crippen LogP contribution in [0.5, 0.6) is 0 Å². The Morgan fingerprint density at radius 3 is 2.39 bits per heavy atom. The molecule has 0 saturated heterocycles. The molecular formula is C20H15NO2. The number of carbonyl (C=O) groups excluding carboxylic acids is 1. The summed E-state index contributed by atoms with van der Waals surface area (Å²) in [6, 6.07) is 22.2. The summed E-state index contributed by atoms with van der Waals surface area (Å²) in [4.78, 5) is 16.6. The van der Waals surface area contributed by atoms with E-state index in [9.17, 15) is 4.79 Å². The first kappa shape index (κ1) is 13.7. The molecule has 0 atom stereocenters. The van der Waals surface area contributed by atoms with Crippen molar-refractivity contribution >= 4 is 5.97 Å². The van der Waals surface area contributed by atoms with Crippen molar-refractivity contribution < 1.29 is 9.53 Å². The highest BCUT2D eigenvalue weighted by Gasteiger charge is 2.25. The molecule has 0 unspecified atom stereocenters. The van der Waals surface area contributed by atoms with Gasteiger partial charge in [0.15, 0.2) is 0 Å². The molecule has 0 amide bonds. The molecule has 112 valence electrons. The molecule has 2 aromatic carbocycles. The first-order valence-corrected chi connectivity index (χ1v) is 7.60. The van der Waals surface area contributed by atoms with Crippen molar-refractivity contribution in [3.63, 3.8) is 0 Å². The molecule has 3 aromatic rings. The van der Waals surface area contributed by atoms with Gasteiger partial charge in [-0.25, -0.2) is 9.78 Å². The second kappa shape index (κ2) is 5.69. The minimum Gasteiger partial charge on any atom is -0.456 e. The average molecular weight is 301 g/mol. The van der Waals surface area contributed by atoms with E-state index in [2.05, 4.69) is 12.1 Å². The third-order valence-corrected chi connectivity index (χ3v) is 4.02. The van der Waals surface area contributed by atoms with Gasteiger partial charge in [0.05, 0.1) is 17.0 Å². The molecule has 3 nitrogen and oxygen atoms in total. The number of carbonyl (C=O) groups is 1. The molecule has 1 aliphatic rings. The van der Waals surface area contributed by atoms with Crippen molar-refractivity contribution in [2.45, 2.75) is 13.0 Å². The van der Waals surface area contributed by atoms with Crippen molar-refractivity contribution in [1.82, 2.24) is 4.98 Å². The molecule has 23 heavy (non-hydrogen) atoms. The molecule has 1 aliphatic heterocycles. The van der Waals surface area contributed by atoms with E-state index in [1.807, 2.05) is 54.6 Å². The maximum absolute atomic E-state index is 11.9. The zero-order chi connectivity index (χ0) is 15.6. The molecule has 0 aliphatic carbocycles. The first-order valence-electron chi connectivity index (χ1n) is 7.60. The SMILES string of the molecule is O=C1OCc2nc(-c3ccccc3)c(Cc3ccccc3)cc21. The van der Waals surface area contributed by atoms with Crippen LogP contribution < -0.4 is 0 Å². The Kier molecular flexibility index (Phi) is 3.39. The number of esters is 1. The number of rotatable bonds is 3. The number of aromatic nitrogens is 1. The minimum absolute atomic E-state index is 0.264. The Balaban J connectivity index is 1.85. The van der Waals surface area contributed by atoms with Crippen molar-refractivity contribution in [2.24, 2.45) is 0 Å². The van der Waals surface area contributed by atoms with Crippen LogP contribution >= 0.6 is 0 Å². The Labute approximate surface area is 134 Å². The fourth-order valence-corrected chi connectivity index (χ4v) is 2.89. The van der Waals surface area contributed by atoms with Gasteiger partial charge in [-0.15, -0.1) is 0 Å². The van der Waals surface area contributed by atoms with E-state index < -0.39 is 0 Å². The van der Waals surface area contributed by atoms with Gasteiger partial charge >= 0.3 is 5.97 Å². The molecule has 2 heterocycles. The van der Waals surface area contributed by atoms with Gasteiger partial charge in [0.1, 0.15) is 6.61 Å². The lowest BCUT2D eigenvalue weighted by atomic mass is 9.97. The summed E-state index contributed by atoms with van der Waals surface area (Å²) >= 11 is 0. The molecular weight excluding hydrogens is 286 g/mol. The van der Waals surface area contributed by atoms with Crippen LogP contribution in [-0.2, 0) is 17.8 Å². The maximum Gasteiger partial charge on any atom is 0.340 e. The molecule has 0 N–H and O–H groups in total. The van der Waals surface area contributed by atoms with Gasteiger partial charge in [-0.05, 0) is 23.6 Å². The van der Waals surface area contributed by atoms with Gasteiger partial charge in [0.25, 0.3) is 0 Å². The molecule has 0 fully saturated rings. The van der Waals surface area contributed by atoms with Gasteiger partial charge in [-0.3, -0.25) is 0 Å². The minimum atomic E-state index is -0.276.